The zero-order chi connectivity index (χ0) is 24.4. The van der Waals surface area contributed by atoms with Crippen molar-refractivity contribution in [3.8, 4) is 0 Å². The van der Waals surface area contributed by atoms with Crippen LogP contribution in [-0.4, -0.2) is 34.0 Å². The van der Waals surface area contributed by atoms with E-state index < -0.39 is 5.92 Å². The number of nitrogens with one attached hydrogen (secondary N) is 3. The number of benzene rings is 2. The van der Waals surface area contributed by atoms with Gasteiger partial charge in [0.2, 0.25) is 5.91 Å². The van der Waals surface area contributed by atoms with Gasteiger partial charge >= 0.3 is 0 Å². The largest absolute Gasteiger partial charge is 0.325 e. The topological polar surface area (TPSA) is 116 Å². The Bertz CT molecular complexity index is 1460. The Morgan fingerprint density at radius 2 is 1.91 bits per heavy atom. The molecular weight excluding hydrogens is 462 g/mol. The van der Waals surface area contributed by atoms with E-state index in [4.69, 9.17) is 0 Å². The number of Topliss-reactive ketones (excluding diaryl/α,β-unsaturated/α-hetero) is 1. The summed E-state index contributed by atoms with van der Waals surface area (Å²) in [6.45, 7) is 1.48. The smallest absolute Gasteiger partial charge is 0.265 e. The van der Waals surface area contributed by atoms with E-state index in [1.165, 1.54) is 18.3 Å². The summed E-state index contributed by atoms with van der Waals surface area (Å²) in [5, 5.41) is 12.4. The molecule has 4 aromatic rings. The summed E-state index contributed by atoms with van der Waals surface area (Å²) in [6.07, 6.45) is 3.85. The summed E-state index contributed by atoms with van der Waals surface area (Å²) in [6, 6.07) is 18.6. The molecule has 3 N–H and O–H groups in total. The summed E-state index contributed by atoms with van der Waals surface area (Å²) < 4.78 is 0. The molecule has 2 aromatic carbocycles. The van der Waals surface area contributed by atoms with E-state index in [1.54, 1.807) is 30.6 Å². The zero-order valence-corrected chi connectivity index (χ0v) is 19.6. The molecule has 1 aliphatic heterocycles. The number of amides is 2. The first-order chi connectivity index (χ1) is 17.0. The number of aromatic amines is 1. The quantitative estimate of drug-likeness (QED) is 0.255. The normalized spacial score (nSPS) is 14.7. The second-order valence-electron chi connectivity index (χ2n) is 8.16. The average Bonchev–Trinajstić information content (AvgIpc) is 3.58. The lowest BCUT2D eigenvalue weighted by Gasteiger charge is -2.09. The van der Waals surface area contributed by atoms with Gasteiger partial charge in [-0.3, -0.25) is 19.5 Å². The molecule has 5 rings (SSSR count). The van der Waals surface area contributed by atoms with Crippen molar-refractivity contribution in [2.24, 2.45) is 4.99 Å². The maximum absolute atomic E-state index is 12.6. The Labute approximate surface area is 205 Å². The van der Waals surface area contributed by atoms with Crippen LogP contribution >= 0.6 is 11.3 Å². The third kappa shape index (κ3) is 4.95. The van der Waals surface area contributed by atoms with Crippen LogP contribution in [0.4, 0.5) is 17.2 Å². The molecule has 1 atom stereocenters. The van der Waals surface area contributed by atoms with Gasteiger partial charge in [-0.25, -0.2) is 4.99 Å². The van der Waals surface area contributed by atoms with Gasteiger partial charge in [0.25, 0.3) is 5.91 Å². The Hall–Kier alpha value is -4.37. The first kappa shape index (κ1) is 22.4. The molecule has 2 amide bonds. The van der Waals surface area contributed by atoms with E-state index in [0.29, 0.717) is 27.7 Å². The second kappa shape index (κ2) is 9.47. The number of hydrogen-bond donors (Lipinski definition) is 3. The van der Waals surface area contributed by atoms with Crippen molar-refractivity contribution in [3.05, 3.63) is 93.3 Å². The lowest BCUT2D eigenvalue weighted by molar-refractivity contribution is -0.115. The summed E-state index contributed by atoms with van der Waals surface area (Å²) in [7, 11) is 0. The van der Waals surface area contributed by atoms with Gasteiger partial charge in [0, 0.05) is 23.7 Å². The predicted molar refractivity (Wildman–Crippen MR) is 136 cm³/mol. The molecule has 0 radical (unpaired) electrons. The lowest BCUT2D eigenvalue weighted by Crippen LogP contribution is -2.12. The maximum Gasteiger partial charge on any atom is 0.265 e. The summed E-state index contributed by atoms with van der Waals surface area (Å²) >= 11 is 1.18. The molecule has 1 unspecified atom stereocenters. The van der Waals surface area contributed by atoms with Crippen LogP contribution < -0.4 is 10.6 Å². The van der Waals surface area contributed by atoms with E-state index in [9.17, 15) is 14.4 Å². The number of hydrogen-bond acceptors (Lipinski definition) is 6. The van der Waals surface area contributed by atoms with Crippen LogP contribution in [-0.2, 0) is 11.2 Å². The summed E-state index contributed by atoms with van der Waals surface area (Å²) in [5.41, 5.74) is 4.38. The number of anilines is 2. The fourth-order valence-electron chi connectivity index (χ4n) is 3.90. The Morgan fingerprint density at radius 1 is 1.09 bits per heavy atom. The number of carbonyl (C=O) groups is 3. The number of fused-ring (bicyclic) bond motifs is 1. The van der Waals surface area contributed by atoms with Crippen LogP contribution in [0.3, 0.4) is 0 Å². The molecule has 0 aliphatic carbocycles. The molecule has 0 fully saturated rings. The van der Waals surface area contributed by atoms with Crippen LogP contribution in [0.2, 0.25) is 0 Å². The maximum atomic E-state index is 12.6. The number of ketones is 1. The minimum absolute atomic E-state index is 0.0582. The number of thiophene rings is 1. The monoisotopic (exact) mass is 483 g/mol. The number of carbonyl (C=O) groups excluding carboxylic acids is 3. The van der Waals surface area contributed by atoms with Crippen molar-refractivity contribution >= 4 is 52.3 Å². The molecule has 8 nitrogen and oxygen atoms in total. The molecule has 9 heteroatoms. The van der Waals surface area contributed by atoms with Crippen LogP contribution in [0.25, 0.3) is 0 Å². The van der Waals surface area contributed by atoms with Gasteiger partial charge in [-0.2, -0.15) is 5.10 Å². The third-order valence-corrected chi connectivity index (χ3v) is 6.79. The molecule has 174 valence electrons. The van der Waals surface area contributed by atoms with Gasteiger partial charge in [-0.15, -0.1) is 11.3 Å². The molecule has 0 saturated heterocycles. The molecule has 2 aromatic heterocycles. The third-order valence-electron chi connectivity index (χ3n) is 5.61. The number of aliphatic imine (C=N–C) groups is 1. The van der Waals surface area contributed by atoms with Gasteiger partial charge in [-0.05, 0) is 60.4 Å². The molecule has 0 bridgehead atoms. The van der Waals surface area contributed by atoms with Gasteiger partial charge in [0.1, 0.15) is 11.7 Å². The highest BCUT2D eigenvalue weighted by Gasteiger charge is 2.29. The zero-order valence-electron chi connectivity index (χ0n) is 18.7. The molecule has 0 spiro atoms. The molecule has 0 saturated carbocycles. The molecule has 1 aliphatic rings. The van der Waals surface area contributed by atoms with Crippen molar-refractivity contribution in [2.75, 3.05) is 10.6 Å². The molecular formula is C26H21N5O3S. The molecule has 3 heterocycles. The minimum atomic E-state index is -0.482. The lowest BCUT2D eigenvalue weighted by atomic mass is 9.96. The van der Waals surface area contributed by atoms with Crippen molar-refractivity contribution in [1.82, 2.24) is 10.2 Å². The van der Waals surface area contributed by atoms with Gasteiger partial charge in [-0.1, -0.05) is 24.3 Å². The summed E-state index contributed by atoms with van der Waals surface area (Å²) in [4.78, 5) is 41.9. The van der Waals surface area contributed by atoms with Crippen LogP contribution in [0, 0.1) is 0 Å². The number of rotatable bonds is 7. The van der Waals surface area contributed by atoms with E-state index in [1.807, 2.05) is 42.5 Å². The van der Waals surface area contributed by atoms with Gasteiger partial charge in [0.15, 0.2) is 5.78 Å². The number of H-pyrrole nitrogens is 1. The van der Waals surface area contributed by atoms with E-state index in [-0.39, 0.29) is 17.6 Å². The Morgan fingerprint density at radius 3 is 2.69 bits per heavy atom. The Balaban J connectivity index is 1.31. The number of nitrogens with zero attached hydrogens (tertiary/aromatic N) is 2. The summed E-state index contributed by atoms with van der Waals surface area (Å²) in [5.74, 6) is -0.323. The van der Waals surface area contributed by atoms with Gasteiger partial charge < -0.3 is 10.6 Å². The van der Waals surface area contributed by atoms with E-state index in [2.05, 4.69) is 25.8 Å². The first-order valence-corrected chi connectivity index (χ1v) is 11.8. The second-order valence-corrected chi connectivity index (χ2v) is 9.24. The number of aromatic nitrogens is 2. The van der Waals surface area contributed by atoms with E-state index in [0.717, 1.165) is 22.4 Å². The van der Waals surface area contributed by atoms with Crippen molar-refractivity contribution in [1.29, 1.82) is 0 Å². The van der Waals surface area contributed by atoms with Gasteiger partial charge in [0.05, 0.1) is 16.0 Å². The van der Waals surface area contributed by atoms with E-state index >= 15 is 0 Å². The first-order valence-electron chi connectivity index (χ1n) is 10.9. The van der Waals surface area contributed by atoms with Crippen molar-refractivity contribution in [3.63, 3.8) is 0 Å². The fraction of sp³-hybridized carbons (Fsp3) is 0.115. The highest BCUT2D eigenvalue weighted by atomic mass is 32.1. The van der Waals surface area contributed by atoms with Crippen LogP contribution in [0.15, 0.2) is 71.9 Å². The SMILES string of the molecule is CC(=O)c1ccc(C(=O)Nc2cccc(Cc3ccc4c(c3)C(C=Nc3ccn[nH]3)C(=O)N4)c2)s1. The highest BCUT2D eigenvalue weighted by Crippen LogP contribution is 2.33. The minimum Gasteiger partial charge on any atom is -0.325 e. The van der Waals surface area contributed by atoms with Crippen molar-refractivity contribution in [2.45, 2.75) is 19.3 Å². The van der Waals surface area contributed by atoms with Crippen molar-refractivity contribution < 1.29 is 14.4 Å². The fourth-order valence-corrected chi connectivity index (χ4v) is 4.70. The average molecular weight is 484 g/mol. The van der Waals surface area contributed by atoms with Crippen LogP contribution in [0.5, 0.6) is 0 Å². The highest BCUT2D eigenvalue weighted by molar-refractivity contribution is 7.16. The van der Waals surface area contributed by atoms with Crippen LogP contribution in [0.1, 0.15) is 48.9 Å². The molecule has 35 heavy (non-hydrogen) atoms. The standard InChI is InChI=1S/C26H21N5O3S/c1-15(32)22-7-8-23(35-22)26(34)29-18-4-2-3-16(12-18)11-17-5-6-21-19(13-17)20(25(33)30-21)14-27-24-9-10-28-31-24/h2-10,12-14,20H,11H2,1H3,(H,28,31)(H,29,34)(H,30,33). The Kier molecular flexibility index (Phi) is 6.07. The predicted octanol–water partition coefficient (Wildman–Crippen LogP) is 4.96.